The van der Waals surface area contributed by atoms with Crippen LogP contribution in [0.5, 0.6) is 0 Å². The van der Waals surface area contributed by atoms with Crippen LogP contribution in [0.1, 0.15) is 57.5 Å². The van der Waals surface area contributed by atoms with Gasteiger partial charge >= 0.3 is 5.69 Å². The summed E-state index contributed by atoms with van der Waals surface area (Å²) in [6.45, 7) is 8.91. The number of nitrogens with zero attached hydrogens (tertiary/aromatic N) is 6. The molecule has 1 N–H and O–H groups in total. The Kier molecular flexibility index (Phi) is 7.48. The Hall–Kier alpha value is -4.04. The van der Waals surface area contributed by atoms with Gasteiger partial charge in [-0.05, 0) is 46.7 Å². The summed E-state index contributed by atoms with van der Waals surface area (Å²) < 4.78 is 3.53. The molecule has 9 heteroatoms. The molecule has 0 aliphatic rings. The number of para-hydroxylation sites is 1. The van der Waals surface area contributed by atoms with Gasteiger partial charge in [0.05, 0.1) is 22.9 Å². The second-order valence-corrected chi connectivity index (χ2v) is 11.1. The Balaban J connectivity index is 1.52. The van der Waals surface area contributed by atoms with Gasteiger partial charge in [0.1, 0.15) is 0 Å². The van der Waals surface area contributed by atoms with Crippen molar-refractivity contribution in [2.24, 2.45) is 0 Å². The van der Waals surface area contributed by atoms with Gasteiger partial charge in [-0.15, -0.1) is 10.2 Å². The predicted molar refractivity (Wildman–Crippen MR) is 154 cm³/mol. The first kappa shape index (κ1) is 26.6. The van der Waals surface area contributed by atoms with Gasteiger partial charge in [-0.25, -0.2) is 4.79 Å². The quantitative estimate of drug-likeness (QED) is 0.251. The standard InChI is InChI=1S/C30H32ClN7O/c1-5-6-10-22-19-38(27-25(30(2,3)4)13-9-14-26(27)31)29(39)37(22)18-21-16-15-20(17-32-21)23-11-7-8-12-24(23)28-33-35-36-34-28/h7-9,11-17,19H,5-6,10,18H2,1-4H3,(H,33,34,35,36). The Labute approximate surface area is 232 Å². The second-order valence-electron chi connectivity index (χ2n) is 10.7. The van der Waals surface area contributed by atoms with Gasteiger partial charge in [-0.1, -0.05) is 88.2 Å². The lowest BCUT2D eigenvalue weighted by atomic mass is 9.85. The molecule has 2 aromatic carbocycles. The van der Waals surface area contributed by atoms with E-state index < -0.39 is 0 Å². The number of imidazole rings is 1. The minimum absolute atomic E-state index is 0.118. The van der Waals surface area contributed by atoms with E-state index in [4.69, 9.17) is 16.6 Å². The minimum atomic E-state index is -0.180. The van der Waals surface area contributed by atoms with Crippen molar-refractivity contribution in [2.45, 2.75) is 58.9 Å². The van der Waals surface area contributed by atoms with Crippen molar-refractivity contribution >= 4 is 11.6 Å². The molecule has 0 aliphatic heterocycles. The molecule has 0 bridgehead atoms. The van der Waals surface area contributed by atoms with E-state index in [1.54, 1.807) is 4.57 Å². The zero-order valence-corrected chi connectivity index (χ0v) is 23.4. The van der Waals surface area contributed by atoms with Crippen LogP contribution in [-0.4, -0.2) is 34.7 Å². The number of halogens is 1. The number of benzene rings is 2. The van der Waals surface area contributed by atoms with Crippen LogP contribution < -0.4 is 5.69 Å². The van der Waals surface area contributed by atoms with Crippen molar-refractivity contribution in [3.63, 3.8) is 0 Å². The number of aryl methyl sites for hydroxylation is 1. The van der Waals surface area contributed by atoms with E-state index in [0.717, 1.165) is 58.6 Å². The summed E-state index contributed by atoms with van der Waals surface area (Å²) in [5.41, 5.74) is 5.99. The molecule has 0 saturated carbocycles. The second kappa shape index (κ2) is 11.0. The lowest BCUT2D eigenvalue weighted by Gasteiger charge is -2.23. The fourth-order valence-electron chi connectivity index (χ4n) is 4.82. The van der Waals surface area contributed by atoms with Crippen LogP contribution in [-0.2, 0) is 18.4 Å². The minimum Gasteiger partial charge on any atom is -0.290 e. The normalized spacial score (nSPS) is 11.7. The van der Waals surface area contributed by atoms with Crippen LogP contribution in [0.4, 0.5) is 0 Å². The number of H-pyrrole nitrogens is 1. The average molecular weight is 542 g/mol. The van der Waals surface area contributed by atoms with Gasteiger partial charge in [0, 0.05) is 29.2 Å². The highest BCUT2D eigenvalue weighted by Crippen LogP contribution is 2.33. The maximum Gasteiger partial charge on any atom is 0.333 e. The zero-order chi connectivity index (χ0) is 27.6. The van der Waals surface area contributed by atoms with E-state index in [2.05, 4.69) is 48.3 Å². The maximum absolute atomic E-state index is 13.9. The Morgan fingerprint density at radius 3 is 2.46 bits per heavy atom. The molecule has 0 atom stereocenters. The van der Waals surface area contributed by atoms with Crippen LogP contribution >= 0.6 is 11.6 Å². The topological polar surface area (TPSA) is 94.3 Å². The highest BCUT2D eigenvalue weighted by atomic mass is 35.5. The molecule has 5 aromatic rings. The van der Waals surface area contributed by atoms with Crippen LogP contribution in [0.3, 0.4) is 0 Å². The summed E-state index contributed by atoms with van der Waals surface area (Å²) in [5, 5.41) is 15.0. The summed E-state index contributed by atoms with van der Waals surface area (Å²) in [6.07, 6.45) is 6.59. The Morgan fingerprint density at radius 1 is 1.00 bits per heavy atom. The van der Waals surface area contributed by atoms with E-state index in [1.165, 1.54) is 0 Å². The largest absolute Gasteiger partial charge is 0.333 e. The first-order chi connectivity index (χ1) is 18.8. The van der Waals surface area contributed by atoms with Gasteiger partial charge in [0.15, 0.2) is 0 Å². The van der Waals surface area contributed by atoms with Gasteiger partial charge in [-0.3, -0.25) is 14.1 Å². The molecule has 39 heavy (non-hydrogen) atoms. The van der Waals surface area contributed by atoms with E-state index in [9.17, 15) is 4.79 Å². The third-order valence-corrected chi connectivity index (χ3v) is 7.16. The number of aromatic nitrogens is 7. The highest BCUT2D eigenvalue weighted by molar-refractivity contribution is 6.32. The molecule has 3 heterocycles. The molecule has 0 saturated heterocycles. The number of aromatic amines is 1. The molecule has 200 valence electrons. The molecular weight excluding hydrogens is 510 g/mol. The molecule has 0 radical (unpaired) electrons. The third kappa shape index (κ3) is 5.43. The van der Waals surface area contributed by atoms with E-state index >= 15 is 0 Å². The number of nitrogens with one attached hydrogen (secondary N) is 1. The van der Waals surface area contributed by atoms with Crippen LogP contribution in [0, 0.1) is 0 Å². The van der Waals surface area contributed by atoms with Crippen molar-refractivity contribution in [3.05, 3.63) is 99.4 Å². The SMILES string of the molecule is CCCCc1cn(-c2c(Cl)cccc2C(C)(C)C)c(=O)n1Cc1ccc(-c2ccccc2-c2nn[nH]n2)cn1. The van der Waals surface area contributed by atoms with Crippen molar-refractivity contribution in [1.29, 1.82) is 0 Å². The molecule has 0 spiro atoms. The first-order valence-electron chi connectivity index (χ1n) is 13.2. The monoisotopic (exact) mass is 541 g/mol. The van der Waals surface area contributed by atoms with E-state index in [1.807, 2.05) is 71.6 Å². The summed E-state index contributed by atoms with van der Waals surface area (Å²) in [7, 11) is 0. The van der Waals surface area contributed by atoms with Gasteiger partial charge in [-0.2, -0.15) is 5.21 Å². The van der Waals surface area contributed by atoms with Crippen molar-refractivity contribution in [2.75, 3.05) is 0 Å². The van der Waals surface area contributed by atoms with Crippen molar-refractivity contribution in [1.82, 2.24) is 34.7 Å². The number of hydrogen-bond donors (Lipinski definition) is 1. The summed E-state index contributed by atoms with van der Waals surface area (Å²) in [6, 6.07) is 17.7. The van der Waals surface area contributed by atoms with Gasteiger partial charge in [0.2, 0.25) is 5.82 Å². The number of tetrazole rings is 1. The summed E-state index contributed by atoms with van der Waals surface area (Å²) in [5.74, 6) is 0.525. The molecular formula is C30H32ClN7O. The lowest BCUT2D eigenvalue weighted by Crippen LogP contribution is -2.27. The van der Waals surface area contributed by atoms with E-state index in [-0.39, 0.29) is 11.1 Å². The smallest absolute Gasteiger partial charge is 0.290 e. The molecule has 0 fully saturated rings. The molecule has 0 unspecified atom stereocenters. The first-order valence-corrected chi connectivity index (χ1v) is 13.5. The van der Waals surface area contributed by atoms with Crippen LogP contribution in [0.2, 0.25) is 5.02 Å². The van der Waals surface area contributed by atoms with E-state index in [0.29, 0.717) is 17.4 Å². The van der Waals surface area contributed by atoms with Crippen LogP contribution in [0.15, 0.2) is 71.8 Å². The predicted octanol–water partition coefficient (Wildman–Crippen LogP) is 6.22. The molecule has 8 nitrogen and oxygen atoms in total. The Morgan fingerprint density at radius 2 is 1.79 bits per heavy atom. The lowest BCUT2D eigenvalue weighted by molar-refractivity contribution is 0.584. The fourth-order valence-corrected chi connectivity index (χ4v) is 5.09. The Bertz CT molecular complexity index is 1630. The summed E-state index contributed by atoms with van der Waals surface area (Å²) >= 11 is 6.70. The molecule has 5 rings (SSSR count). The van der Waals surface area contributed by atoms with Gasteiger partial charge < -0.3 is 0 Å². The summed E-state index contributed by atoms with van der Waals surface area (Å²) in [4.78, 5) is 18.6. The zero-order valence-electron chi connectivity index (χ0n) is 22.6. The van der Waals surface area contributed by atoms with Crippen molar-refractivity contribution in [3.8, 4) is 28.2 Å². The number of rotatable bonds is 8. The highest BCUT2D eigenvalue weighted by Gasteiger charge is 2.24. The molecule has 0 aliphatic carbocycles. The van der Waals surface area contributed by atoms with Gasteiger partial charge in [0.25, 0.3) is 0 Å². The average Bonchev–Trinajstić information content (AvgIpc) is 3.56. The van der Waals surface area contributed by atoms with Crippen LogP contribution in [0.25, 0.3) is 28.2 Å². The van der Waals surface area contributed by atoms with Crippen molar-refractivity contribution < 1.29 is 0 Å². The molecule has 0 amide bonds. The number of pyridine rings is 1. The molecule has 3 aromatic heterocycles. The number of unbranched alkanes of at least 4 members (excludes halogenated alkanes) is 1. The third-order valence-electron chi connectivity index (χ3n) is 6.85. The number of hydrogen-bond acceptors (Lipinski definition) is 5. The fraction of sp³-hybridized carbons (Fsp3) is 0.300. The maximum atomic E-state index is 13.9.